The van der Waals surface area contributed by atoms with E-state index >= 15 is 0 Å². The molecule has 1 heterocycles. The van der Waals surface area contributed by atoms with Crippen molar-refractivity contribution in [1.29, 1.82) is 0 Å². The first kappa shape index (κ1) is 18.5. The highest BCUT2D eigenvalue weighted by Crippen LogP contribution is 2.17. The molecule has 5 nitrogen and oxygen atoms in total. The molecule has 0 unspecified atom stereocenters. The third-order valence-corrected chi connectivity index (χ3v) is 5.36. The number of hydrogen-bond donors (Lipinski definition) is 1. The third-order valence-electron chi connectivity index (χ3n) is 4.09. The normalized spacial score (nSPS) is 14.7. The molecule has 1 N–H and O–H groups in total. The van der Waals surface area contributed by atoms with E-state index < -0.39 is 10.0 Å². The quantitative estimate of drug-likeness (QED) is 0.839. The number of halogens is 1. The second kappa shape index (κ2) is 7.93. The predicted molar refractivity (Wildman–Crippen MR) is 105 cm³/mol. The van der Waals surface area contributed by atoms with Crippen molar-refractivity contribution in [2.45, 2.75) is 12.8 Å². The molecule has 2 aromatic rings. The van der Waals surface area contributed by atoms with Crippen molar-refractivity contribution in [3.8, 4) is 0 Å². The molecule has 1 saturated heterocycles. The van der Waals surface area contributed by atoms with Gasteiger partial charge in [0.25, 0.3) is 15.9 Å². The number of likely N-dealkylation sites (tertiary alicyclic amines) is 1. The van der Waals surface area contributed by atoms with Crippen LogP contribution >= 0.6 is 11.6 Å². The molecule has 1 amide bonds. The van der Waals surface area contributed by atoms with Gasteiger partial charge in [-0.25, -0.2) is 8.42 Å². The fourth-order valence-electron chi connectivity index (χ4n) is 2.72. The van der Waals surface area contributed by atoms with E-state index in [1.165, 1.54) is 6.08 Å². The zero-order chi connectivity index (χ0) is 18.6. The van der Waals surface area contributed by atoms with E-state index in [9.17, 15) is 13.2 Å². The molecule has 3 rings (SSSR count). The van der Waals surface area contributed by atoms with Crippen molar-refractivity contribution in [2.24, 2.45) is 0 Å². The zero-order valence-corrected chi connectivity index (χ0v) is 15.6. The summed E-state index contributed by atoms with van der Waals surface area (Å²) >= 11 is 5.80. The van der Waals surface area contributed by atoms with Crippen molar-refractivity contribution in [3.05, 3.63) is 70.1 Å². The molecule has 1 fully saturated rings. The highest BCUT2D eigenvalue weighted by atomic mass is 35.5. The monoisotopic (exact) mass is 390 g/mol. The first-order chi connectivity index (χ1) is 12.4. The van der Waals surface area contributed by atoms with Gasteiger partial charge in [0.05, 0.1) is 5.41 Å². The molecule has 0 aliphatic carbocycles. The van der Waals surface area contributed by atoms with Gasteiger partial charge in [0, 0.05) is 29.4 Å². The third kappa shape index (κ3) is 4.86. The minimum Gasteiger partial charge on any atom is -0.339 e. The number of anilines is 1. The molecule has 0 saturated carbocycles. The number of sulfonamides is 1. The van der Waals surface area contributed by atoms with E-state index in [4.69, 9.17) is 11.6 Å². The van der Waals surface area contributed by atoms with Gasteiger partial charge >= 0.3 is 0 Å². The van der Waals surface area contributed by atoms with Crippen LogP contribution < -0.4 is 4.72 Å². The van der Waals surface area contributed by atoms with E-state index in [2.05, 4.69) is 4.72 Å². The van der Waals surface area contributed by atoms with Crippen molar-refractivity contribution in [1.82, 2.24) is 4.90 Å². The smallest absolute Gasteiger partial charge is 0.255 e. The highest BCUT2D eigenvalue weighted by Gasteiger charge is 2.19. The van der Waals surface area contributed by atoms with E-state index in [1.54, 1.807) is 48.5 Å². The molecule has 136 valence electrons. The van der Waals surface area contributed by atoms with Crippen LogP contribution in [0.3, 0.4) is 0 Å². The average Bonchev–Trinajstić information content (AvgIpc) is 3.16. The van der Waals surface area contributed by atoms with Gasteiger partial charge < -0.3 is 4.90 Å². The Morgan fingerprint density at radius 3 is 2.23 bits per heavy atom. The van der Waals surface area contributed by atoms with Gasteiger partial charge in [0.15, 0.2) is 0 Å². The van der Waals surface area contributed by atoms with Crippen LogP contribution in [0.5, 0.6) is 0 Å². The Morgan fingerprint density at radius 1 is 1.00 bits per heavy atom. The summed E-state index contributed by atoms with van der Waals surface area (Å²) in [6.45, 7) is 1.56. The summed E-state index contributed by atoms with van der Waals surface area (Å²) in [4.78, 5) is 14.1. The molecule has 1 aliphatic rings. The average molecular weight is 391 g/mol. The maximum absolute atomic E-state index is 12.3. The van der Waals surface area contributed by atoms with Gasteiger partial charge in [-0.3, -0.25) is 9.52 Å². The van der Waals surface area contributed by atoms with Crippen LogP contribution in [0, 0.1) is 0 Å². The number of benzene rings is 2. The Kier molecular flexibility index (Phi) is 5.64. The van der Waals surface area contributed by atoms with Crippen LogP contribution in [0.2, 0.25) is 5.02 Å². The number of amides is 1. The zero-order valence-electron chi connectivity index (χ0n) is 14.1. The van der Waals surface area contributed by atoms with Crippen molar-refractivity contribution in [3.63, 3.8) is 0 Å². The number of rotatable bonds is 5. The maximum Gasteiger partial charge on any atom is 0.255 e. The first-order valence-electron chi connectivity index (χ1n) is 8.29. The van der Waals surface area contributed by atoms with Gasteiger partial charge in [0.2, 0.25) is 0 Å². The Bertz CT molecular complexity index is 901. The Morgan fingerprint density at radius 2 is 1.62 bits per heavy atom. The van der Waals surface area contributed by atoms with Crippen molar-refractivity contribution >= 4 is 39.3 Å². The SMILES string of the molecule is O=C(c1ccc(NS(=O)(=O)/C=C/c2ccc(Cl)cc2)cc1)N1CCCC1. The summed E-state index contributed by atoms with van der Waals surface area (Å²) in [5.41, 5.74) is 1.70. The lowest BCUT2D eigenvalue weighted by atomic mass is 10.2. The van der Waals surface area contributed by atoms with Crippen LogP contribution in [0.4, 0.5) is 5.69 Å². The molecule has 0 aromatic heterocycles. The fraction of sp³-hybridized carbons (Fsp3) is 0.211. The molecule has 0 bridgehead atoms. The van der Waals surface area contributed by atoms with Crippen molar-refractivity contribution in [2.75, 3.05) is 17.8 Å². The van der Waals surface area contributed by atoms with Gasteiger partial charge in [-0.2, -0.15) is 0 Å². The van der Waals surface area contributed by atoms with E-state index in [0.29, 0.717) is 16.3 Å². The van der Waals surface area contributed by atoms with Gasteiger partial charge in [0.1, 0.15) is 0 Å². The Hall–Kier alpha value is -2.31. The van der Waals surface area contributed by atoms with Crippen LogP contribution in [-0.4, -0.2) is 32.3 Å². The summed E-state index contributed by atoms with van der Waals surface area (Å²) in [6.07, 6.45) is 3.55. The first-order valence-corrected chi connectivity index (χ1v) is 10.2. The minimum atomic E-state index is -3.65. The summed E-state index contributed by atoms with van der Waals surface area (Å²) in [7, 11) is -3.65. The van der Waals surface area contributed by atoms with E-state index in [1.807, 2.05) is 4.90 Å². The summed E-state index contributed by atoms with van der Waals surface area (Å²) in [5, 5.41) is 1.69. The number of nitrogens with zero attached hydrogens (tertiary/aromatic N) is 1. The molecule has 2 aromatic carbocycles. The highest BCUT2D eigenvalue weighted by molar-refractivity contribution is 7.95. The van der Waals surface area contributed by atoms with Gasteiger partial charge in [-0.05, 0) is 60.9 Å². The Labute approximate surface area is 158 Å². The van der Waals surface area contributed by atoms with Gasteiger partial charge in [-0.15, -0.1) is 0 Å². The summed E-state index contributed by atoms with van der Waals surface area (Å²) < 4.78 is 26.8. The van der Waals surface area contributed by atoms with Crippen LogP contribution in [0.1, 0.15) is 28.8 Å². The van der Waals surface area contributed by atoms with Crippen LogP contribution in [0.25, 0.3) is 6.08 Å². The Balaban J connectivity index is 1.65. The number of nitrogens with one attached hydrogen (secondary N) is 1. The fourth-order valence-corrected chi connectivity index (χ4v) is 3.72. The molecule has 0 spiro atoms. The predicted octanol–water partition coefficient (Wildman–Crippen LogP) is 3.99. The number of carbonyl (C=O) groups excluding carboxylic acids is 1. The lowest BCUT2D eigenvalue weighted by Crippen LogP contribution is -2.27. The standard InChI is InChI=1S/C19H19ClN2O3S/c20-17-7-3-15(4-8-17)11-14-26(24,25)21-18-9-5-16(6-10-18)19(23)22-12-1-2-13-22/h3-11,14,21H,1-2,12-13H2/b14-11+. The van der Waals surface area contributed by atoms with Crippen molar-refractivity contribution < 1.29 is 13.2 Å². The summed E-state index contributed by atoms with van der Waals surface area (Å²) in [5.74, 6) is -0.0143. The van der Waals surface area contributed by atoms with Crippen LogP contribution in [-0.2, 0) is 10.0 Å². The molecule has 1 aliphatic heterocycles. The molecule has 0 atom stereocenters. The largest absolute Gasteiger partial charge is 0.339 e. The number of carbonyl (C=O) groups is 1. The topological polar surface area (TPSA) is 66.5 Å². The molecule has 26 heavy (non-hydrogen) atoms. The lowest BCUT2D eigenvalue weighted by Gasteiger charge is -2.15. The lowest BCUT2D eigenvalue weighted by molar-refractivity contribution is 0.0793. The number of hydrogen-bond acceptors (Lipinski definition) is 3. The summed E-state index contributed by atoms with van der Waals surface area (Å²) in [6, 6.07) is 13.3. The minimum absolute atomic E-state index is 0.0143. The van der Waals surface area contributed by atoms with Crippen LogP contribution in [0.15, 0.2) is 53.9 Å². The van der Waals surface area contributed by atoms with E-state index in [0.717, 1.165) is 36.9 Å². The second-order valence-electron chi connectivity index (χ2n) is 6.08. The molecule has 7 heteroatoms. The molecular formula is C19H19ClN2O3S. The van der Waals surface area contributed by atoms with E-state index in [-0.39, 0.29) is 5.91 Å². The molecule has 0 radical (unpaired) electrons. The maximum atomic E-state index is 12.3. The second-order valence-corrected chi connectivity index (χ2v) is 8.08. The van der Waals surface area contributed by atoms with Gasteiger partial charge in [-0.1, -0.05) is 23.7 Å². The molecular weight excluding hydrogens is 372 g/mol.